The summed E-state index contributed by atoms with van der Waals surface area (Å²) in [5.74, 6) is 0.404. The second kappa shape index (κ2) is 5.27. The summed E-state index contributed by atoms with van der Waals surface area (Å²) in [5, 5.41) is 8.22. The molecule has 1 atom stereocenters. The van der Waals surface area contributed by atoms with E-state index in [2.05, 4.69) is 10.2 Å². The van der Waals surface area contributed by atoms with E-state index in [0.29, 0.717) is 10.9 Å². The molecule has 0 saturated carbocycles. The van der Waals surface area contributed by atoms with Crippen LogP contribution in [0.3, 0.4) is 0 Å². The largest absolute Gasteiger partial charge is 0.280 e. The van der Waals surface area contributed by atoms with Crippen LogP contribution < -0.4 is 5.56 Å². The molecule has 0 fully saturated rings. The Bertz CT molecular complexity index is 831. The van der Waals surface area contributed by atoms with Gasteiger partial charge in [0.05, 0.1) is 16.7 Å². The van der Waals surface area contributed by atoms with Crippen LogP contribution in [0.5, 0.6) is 0 Å². The Balaban J connectivity index is 1.96. The van der Waals surface area contributed by atoms with Crippen molar-refractivity contribution in [2.24, 2.45) is 0 Å². The average molecular weight is 323 g/mol. The molecular formula is C13H13N3O3S2. The molecule has 0 spiro atoms. The maximum Gasteiger partial charge on any atom is 0.276 e. The van der Waals surface area contributed by atoms with Crippen LogP contribution in [-0.4, -0.2) is 34.7 Å². The monoisotopic (exact) mass is 323 g/mol. The zero-order chi connectivity index (χ0) is 15.0. The number of nitrogens with zero attached hydrogens (tertiary/aromatic N) is 3. The van der Waals surface area contributed by atoms with E-state index >= 15 is 0 Å². The third-order valence-corrected chi connectivity index (χ3v) is 6.21. The van der Waals surface area contributed by atoms with E-state index in [1.165, 1.54) is 16.3 Å². The molecule has 6 nitrogen and oxygen atoms in total. The summed E-state index contributed by atoms with van der Waals surface area (Å²) < 4.78 is 26.3. The van der Waals surface area contributed by atoms with Crippen LogP contribution in [-0.2, 0) is 9.84 Å². The Morgan fingerprint density at radius 3 is 2.71 bits per heavy atom. The molecule has 1 aromatic heterocycles. The highest BCUT2D eigenvalue weighted by molar-refractivity contribution is 7.99. The van der Waals surface area contributed by atoms with Crippen molar-refractivity contribution in [3.8, 4) is 0 Å². The van der Waals surface area contributed by atoms with Gasteiger partial charge in [0, 0.05) is 5.75 Å². The molecule has 110 valence electrons. The lowest BCUT2D eigenvalue weighted by atomic mass is 10.3. The van der Waals surface area contributed by atoms with Crippen molar-refractivity contribution in [2.75, 3.05) is 11.5 Å². The van der Waals surface area contributed by atoms with Crippen molar-refractivity contribution in [3.63, 3.8) is 0 Å². The van der Waals surface area contributed by atoms with Crippen molar-refractivity contribution < 1.29 is 8.42 Å². The van der Waals surface area contributed by atoms with Crippen LogP contribution >= 0.6 is 11.8 Å². The van der Waals surface area contributed by atoms with Gasteiger partial charge in [-0.2, -0.15) is 0 Å². The smallest absolute Gasteiger partial charge is 0.276 e. The summed E-state index contributed by atoms with van der Waals surface area (Å²) >= 11 is 1.36. The van der Waals surface area contributed by atoms with E-state index in [0.717, 1.165) is 0 Å². The van der Waals surface area contributed by atoms with Gasteiger partial charge in [-0.3, -0.25) is 9.36 Å². The van der Waals surface area contributed by atoms with Gasteiger partial charge in [0.25, 0.3) is 5.56 Å². The normalized spacial score (nSPS) is 17.7. The number of rotatable bonds is 3. The highest BCUT2D eigenvalue weighted by Crippen LogP contribution is 2.31. The molecule has 0 unspecified atom stereocenters. The second-order valence-electron chi connectivity index (χ2n) is 4.80. The first kappa shape index (κ1) is 14.3. The Morgan fingerprint density at radius 2 is 2.00 bits per heavy atom. The zero-order valence-electron chi connectivity index (χ0n) is 11.3. The first-order valence-electron chi connectivity index (χ1n) is 6.35. The quantitative estimate of drug-likeness (QED) is 0.840. The molecule has 21 heavy (non-hydrogen) atoms. The van der Waals surface area contributed by atoms with Gasteiger partial charge in [-0.05, 0) is 19.1 Å². The molecule has 1 aliphatic rings. The maximum atomic E-state index is 12.4. The molecule has 0 bridgehead atoms. The molecule has 1 aliphatic heterocycles. The number of hydrogen-bond acceptors (Lipinski definition) is 6. The van der Waals surface area contributed by atoms with Gasteiger partial charge < -0.3 is 0 Å². The Hall–Kier alpha value is -1.67. The van der Waals surface area contributed by atoms with Crippen molar-refractivity contribution in [1.82, 2.24) is 14.8 Å². The topological polar surface area (TPSA) is 81.9 Å². The van der Waals surface area contributed by atoms with E-state index < -0.39 is 15.9 Å². The van der Waals surface area contributed by atoms with E-state index in [1.54, 1.807) is 37.3 Å². The fourth-order valence-corrected chi connectivity index (χ4v) is 5.00. The van der Waals surface area contributed by atoms with Crippen LogP contribution in [0, 0.1) is 6.92 Å². The van der Waals surface area contributed by atoms with E-state index in [9.17, 15) is 13.2 Å². The number of hydrogen-bond donors (Lipinski definition) is 0. The van der Waals surface area contributed by atoms with Crippen molar-refractivity contribution in [2.45, 2.75) is 23.0 Å². The minimum absolute atomic E-state index is 0.109. The van der Waals surface area contributed by atoms with Gasteiger partial charge in [-0.15, -0.1) is 10.2 Å². The minimum Gasteiger partial charge on any atom is -0.280 e. The molecule has 8 heteroatoms. The van der Waals surface area contributed by atoms with Crippen LogP contribution in [0.1, 0.15) is 11.7 Å². The number of sulfone groups is 1. The number of thioether (sulfide) groups is 1. The van der Waals surface area contributed by atoms with Gasteiger partial charge in [-0.25, -0.2) is 8.42 Å². The summed E-state index contributed by atoms with van der Waals surface area (Å²) in [7, 11) is -3.44. The molecule has 1 aromatic carbocycles. The molecule has 0 saturated heterocycles. The lowest BCUT2D eigenvalue weighted by molar-refractivity contribution is 0.510. The molecule has 0 N–H and O–H groups in total. The minimum atomic E-state index is -3.44. The average Bonchev–Trinajstić information content (AvgIpc) is 2.87. The molecule has 2 aromatic rings. The van der Waals surface area contributed by atoms with Crippen LogP contribution in [0.15, 0.2) is 45.2 Å². The van der Waals surface area contributed by atoms with E-state index in [1.807, 2.05) is 0 Å². The highest BCUT2D eigenvalue weighted by atomic mass is 32.2. The van der Waals surface area contributed by atoms with Crippen LogP contribution in [0.2, 0.25) is 0 Å². The summed E-state index contributed by atoms with van der Waals surface area (Å²) in [5.41, 5.74) is 0.0154. The second-order valence-corrected chi connectivity index (χ2v) is 7.82. The number of benzene rings is 1. The molecular weight excluding hydrogens is 310 g/mol. The lowest BCUT2D eigenvalue weighted by Crippen LogP contribution is -2.31. The fourth-order valence-electron chi connectivity index (χ4n) is 2.24. The molecule has 0 radical (unpaired) electrons. The summed E-state index contributed by atoms with van der Waals surface area (Å²) in [6.45, 7) is 1.58. The van der Waals surface area contributed by atoms with Crippen LogP contribution in [0.4, 0.5) is 0 Å². The third kappa shape index (κ3) is 2.60. The molecule has 3 rings (SSSR count). The van der Waals surface area contributed by atoms with E-state index in [4.69, 9.17) is 0 Å². The number of fused-ring (bicyclic) bond motifs is 1. The predicted molar refractivity (Wildman–Crippen MR) is 79.3 cm³/mol. The molecule has 0 amide bonds. The number of aryl methyl sites for hydroxylation is 1. The van der Waals surface area contributed by atoms with Crippen molar-refractivity contribution in [1.29, 1.82) is 0 Å². The first-order valence-corrected chi connectivity index (χ1v) is 8.99. The van der Waals surface area contributed by atoms with Crippen molar-refractivity contribution >= 4 is 21.6 Å². The summed E-state index contributed by atoms with van der Waals surface area (Å²) in [6, 6.07) is 7.87. The Kier molecular flexibility index (Phi) is 3.58. The Labute approximate surface area is 126 Å². The van der Waals surface area contributed by atoms with Gasteiger partial charge in [-0.1, -0.05) is 30.0 Å². The van der Waals surface area contributed by atoms with Crippen molar-refractivity contribution in [3.05, 3.63) is 46.4 Å². The lowest BCUT2D eigenvalue weighted by Gasteiger charge is -2.13. The van der Waals surface area contributed by atoms with Gasteiger partial charge in [0.15, 0.2) is 15.0 Å². The van der Waals surface area contributed by atoms with E-state index in [-0.39, 0.29) is 21.9 Å². The summed E-state index contributed by atoms with van der Waals surface area (Å²) in [6.07, 6.45) is 0. The molecule has 0 aliphatic carbocycles. The van der Waals surface area contributed by atoms with Gasteiger partial charge in [0.1, 0.15) is 5.69 Å². The fraction of sp³-hybridized carbons (Fsp3) is 0.308. The van der Waals surface area contributed by atoms with Crippen LogP contribution in [0.25, 0.3) is 0 Å². The standard InChI is InChI=1S/C13H13N3O3S2/c1-9-12(17)16-10(7-20-13(16)15-14-9)8-21(18,19)11-5-3-2-4-6-11/h2-6,10H,7-8H2,1H3/t10-/m0/s1. The third-order valence-electron chi connectivity index (χ3n) is 3.30. The van der Waals surface area contributed by atoms with Gasteiger partial charge in [0.2, 0.25) is 0 Å². The Morgan fingerprint density at radius 1 is 1.29 bits per heavy atom. The maximum absolute atomic E-state index is 12.4. The SMILES string of the molecule is Cc1nnc2n(c1=O)[C@H](CS(=O)(=O)c1ccccc1)CS2. The molecule has 2 heterocycles. The first-order chi connectivity index (χ1) is 9.99. The zero-order valence-corrected chi connectivity index (χ0v) is 12.9. The number of aromatic nitrogens is 3. The predicted octanol–water partition coefficient (Wildman–Crippen LogP) is 1.07. The highest BCUT2D eigenvalue weighted by Gasteiger charge is 2.31. The summed E-state index contributed by atoms with van der Waals surface area (Å²) in [4.78, 5) is 12.4. The van der Waals surface area contributed by atoms with Gasteiger partial charge >= 0.3 is 0 Å².